The van der Waals surface area contributed by atoms with E-state index in [-0.39, 0.29) is 18.4 Å². The zero-order chi connectivity index (χ0) is 16.2. The van der Waals surface area contributed by atoms with Crippen LogP contribution in [0, 0.1) is 0 Å². The van der Waals surface area contributed by atoms with Gasteiger partial charge in [-0.3, -0.25) is 0 Å². The Bertz CT molecular complexity index is 731. The van der Waals surface area contributed by atoms with E-state index in [0.29, 0.717) is 0 Å². The first-order valence-corrected chi connectivity index (χ1v) is 8.82. The summed E-state index contributed by atoms with van der Waals surface area (Å²) in [6.45, 7) is 1.91. The number of hydrogen-bond acceptors (Lipinski definition) is 4. The van der Waals surface area contributed by atoms with Crippen molar-refractivity contribution in [3.63, 3.8) is 0 Å². The fourth-order valence-electron chi connectivity index (χ4n) is 2.32. The van der Waals surface area contributed by atoms with E-state index < -0.39 is 16.1 Å². The van der Waals surface area contributed by atoms with E-state index in [1.807, 2.05) is 42.5 Å². The minimum atomic E-state index is -3.46. The number of rotatable bonds is 7. The molecule has 2 aromatic carbocycles. The fraction of sp³-hybridized carbons (Fsp3) is 0.375. The van der Waals surface area contributed by atoms with Crippen LogP contribution in [0.1, 0.15) is 18.5 Å². The highest BCUT2D eigenvalue weighted by molar-refractivity contribution is 7.89. The minimum Gasteiger partial charge on any atom is -0.381 e. The smallest absolute Gasteiger partial charge is 0.214 e. The van der Waals surface area contributed by atoms with Crippen LogP contribution in [0.2, 0.25) is 0 Å². The molecule has 0 radical (unpaired) electrons. The van der Waals surface area contributed by atoms with Gasteiger partial charge in [0.15, 0.2) is 0 Å². The zero-order valence-corrected chi connectivity index (χ0v) is 13.6. The van der Waals surface area contributed by atoms with Crippen molar-refractivity contribution in [2.45, 2.75) is 19.1 Å². The van der Waals surface area contributed by atoms with E-state index in [4.69, 9.17) is 10.5 Å². The number of benzene rings is 2. The molecule has 0 aromatic heterocycles. The standard InChI is InChI=1S/C16H22N2O3S/c1-12(21-2)11-22(19,20)18-16(10-17)15-8-7-13-5-3-4-6-14(13)9-15/h3-9,12,16,18H,10-11,17H2,1-2H3. The first-order valence-electron chi connectivity index (χ1n) is 7.16. The second-order valence-electron chi connectivity index (χ2n) is 5.34. The van der Waals surface area contributed by atoms with Crippen LogP contribution in [0.4, 0.5) is 0 Å². The third-order valence-electron chi connectivity index (χ3n) is 3.59. The van der Waals surface area contributed by atoms with Crippen molar-refractivity contribution < 1.29 is 13.2 Å². The molecule has 0 spiro atoms. The number of hydrogen-bond donors (Lipinski definition) is 2. The first kappa shape index (κ1) is 16.9. The lowest BCUT2D eigenvalue weighted by Gasteiger charge is -2.19. The van der Waals surface area contributed by atoms with Crippen LogP contribution < -0.4 is 10.5 Å². The Kier molecular flexibility index (Phi) is 5.52. The van der Waals surface area contributed by atoms with Crippen molar-refractivity contribution in [2.75, 3.05) is 19.4 Å². The number of nitrogens with two attached hydrogens (primary N) is 1. The summed E-state index contributed by atoms with van der Waals surface area (Å²) in [4.78, 5) is 0. The summed E-state index contributed by atoms with van der Waals surface area (Å²) in [5, 5.41) is 2.17. The SMILES string of the molecule is COC(C)CS(=O)(=O)NC(CN)c1ccc2ccccc2c1. The van der Waals surface area contributed by atoms with Crippen LogP contribution in [0.15, 0.2) is 42.5 Å². The molecule has 6 heteroatoms. The first-order chi connectivity index (χ1) is 10.4. The van der Waals surface area contributed by atoms with Gasteiger partial charge in [0, 0.05) is 13.7 Å². The number of fused-ring (bicyclic) bond motifs is 1. The Morgan fingerprint density at radius 3 is 2.50 bits per heavy atom. The van der Waals surface area contributed by atoms with Crippen LogP contribution in [0.5, 0.6) is 0 Å². The van der Waals surface area contributed by atoms with E-state index in [9.17, 15) is 8.42 Å². The lowest BCUT2D eigenvalue weighted by atomic mass is 10.0. The molecule has 0 saturated carbocycles. The molecule has 0 aliphatic heterocycles. The molecule has 3 N–H and O–H groups in total. The lowest BCUT2D eigenvalue weighted by molar-refractivity contribution is 0.136. The second kappa shape index (κ2) is 7.19. The predicted octanol–water partition coefficient (Wildman–Crippen LogP) is 1.79. The van der Waals surface area contributed by atoms with Crippen LogP contribution >= 0.6 is 0 Å². The molecule has 2 aromatic rings. The molecule has 0 heterocycles. The van der Waals surface area contributed by atoms with Gasteiger partial charge in [-0.05, 0) is 29.3 Å². The van der Waals surface area contributed by atoms with Crippen molar-refractivity contribution >= 4 is 20.8 Å². The summed E-state index contributed by atoms with van der Waals surface area (Å²) in [6.07, 6.45) is -0.368. The highest BCUT2D eigenvalue weighted by Crippen LogP contribution is 2.20. The van der Waals surface area contributed by atoms with Crippen molar-refractivity contribution in [3.05, 3.63) is 48.0 Å². The van der Waals surface area contributed by atoms with Crippen LogP contribution in [-0.4, -0.2) is 33.9 Å². The third kappa shape index (κ3) is 4.27. The number of nitrogens with one attached hydrogen (secondary N) is 1. The van der Waals surface area contributed by atoms with Crippen molar-refractivity contribution in [3.8, 4) is 0 Å². The monoisotopic (exact) mass is 322 g/mol. The van der Waals surface area contributed by atoms with E-state index >= 15 is 0 Å². The number of sulfonamides is 1. The predicted molar refractivity (Wildman–Crippen MR) is 89.1 cm³/mol. The molecule has 2 unspecified atom stereocenters. The summed E-state index contributed by atoms with van der Waals surface area (Å²) in [5.41, 5.74) is 6.62. The average molecular weight is 322 g/mol. The van der Waals surface area contributed by atoms with Gasteiger partial charge < -0.3 is 10.5 Å². The van der Waals surface area contributed by atoms with E-state index in [2.05, 4.69) is 4.72 Å². The van der Waals surface area contributed by atoms with Gasteiger partial charge in [-0.25, -0.2) is 13.1 Å². The Morgan fingerprint density at radius 1 is 1.18 bits per heavy atom. The van der Waals surface area contributed by atoms with Gasteiger partial charge in [0.2, 0.25) is 10.0 Å². The lowest BCUT2D eigenvalue weighted by Crippen LogP contribution is -2.37. The van der Waals surface area contributed by atoms with Gasteiger partial charge in [0.25, 0.3) is 0 Å². The van der Waals surface area contributed by atoms with Gasteiger partial charge in [0.05, 0.1) is 17.9 Å². The van der Waals surface area contributed by atoms with E-state index in [0.717, 1.165) is 16.3 Å². The molecule has 0 aliphatic rings. The molecule has 0 saturated heterocycles. The van der Waals surface area contributed by atoms with Gasteiger partial charge in [0.1, 0.15) is 0 Å². The molecule has 5 nitrogen and oxygen atoms in total. The Balaban J connectivity index is 2.23. The molecule has 2 atom stereocenters. The maximum absolute atomic E-state index is 12.2. The largest absolute Gasteiger partial charge is 0.381 e. The molecule has 0 bridgehead atoms. The molecule has 120 valence electrons. The van der Waals surface area contributed by atoms with Crippen LogP contribution in [-0.2, 0) is 14.8 Å². The average Bonchev–Trinajstić information content (AvgIpc) is 2.51. The molecule has 0 fully saturated rings. The highest BCUT2D eigenvalue weighted by atomic mass is 32.2. The fourth-order valence-corrected chi connectivity index (χ4v) is 3.83. The summed E-state index contributed by atoms with van der Waals surface area (Å²) >= 11 is 0. The molecular weight excluding hydrogens is 300 g/mol. The van der Waals surface area contributed by atoms with E-state index in [1.54, 1.807) is 6.92 Å². The maximum Gasteiger partial charge on any atom is 0.214 e. The summed E-state index contributed by atoms with van der Waals surface area (Å²) in [6, 6.07) is 13.3. The molecule has 0 aliphatic carbocycles. The Labute approximate surface area is 131 Å². The highest BCUT2D eigenvalue weighted by Gasteiger charge is 2.21. The van der Waals surface area contributed by atoms with Gasteiger partial charge in [-0.1, -0.05) is 36.4 Å². The van der Waals surface area contributed by atoms with Crippen molar-refractivity contribution in [1.82, 2.24) is 4.72 Å². The molecule has 22 heavy (non-hydrogen) atoms. The van der Waals surface area contributed by atoms with Gasteiger partial charge in [-0.2, -0.15) is 0 Å². The van der Waals surface area contributed by atoms with Crippen molar-refractivity contribution in [2.24, 2.45) is 5.73 Å². The van der Waals surface area contributed by atoms with Crippen molar-refractivity contribution in [1.29, 1.82) is 0 Å². The molecular formula is C16H22N2O3S. The second-order valence-corrected chi connectivity index (χ2v) is 7.14. The van der Waals surface area contributed by atoms with Crippen LogP contribution in [0.3, 0.4) is 0 Å². The molecule has 2 rings (SSSR count). The normalized spacial score (nSPS) is 14.9. The third-order valence-corrected chi connectivity index (χ3v) is 5.14. The Hall–Kier alpha value is -1.47. The van der Waals surface area contributed by atoms with Crippen LogP contribution in [0.25, 0.3) is 10.8 Å². The summed E-state index contributed by atoms with van der Waals surface area (Å²) in [5.74, 6) is -0.0897. The Morgan fingerprint density at radius 2 is 1.86 bits per heavy atom. The zero-order valence-electron chi connectivity index (χ0n) is 12.8. The molecule has 0 amide bonds. The topological polar surface area (TPSA) is 81.4 Å². The van der Waals surface area contributed by atoms with E-state index in [1.165, 1.54) is 7.11 Å². The number of ether oxygens (including phenoxy) is 1. The summed E-state index contributed by atoms with van der Waals surface area (Å²) < 4.78 is 32.0. The summed E-state index contributed by atoms with van der Waals surface area (Å²) in [7, 11) is -1.97. The maximum atomic E-state index is 12.2. The minimum absolute atomic E-state index is 0.0897. The quantitative estimate of drug-likeness (QED) is 0.814. The van der Waals surface area contributed by atoms with Gasteiger partial charge >= 0.3 is 0 Å². The number of methoxy groups -OCH3 is 1. The van der Waals surface area contributed by atoms with Gasteiger partial charge in [-0.15, -0.1) is 0 Å².